The van der Waals surface area contributed by atoms with Gasteiger partial charge in [-0.15, -0.1) is 10.2 Å². The number of nitrogens with zero attached hydrogens (tertiary/aromatic N) is 4. The van der Waals surface area contributed by atoms with E-state index in [1.165, 1.54) is 0 Å². The highest BCUT2D eigenvalue weighted by Crippen LogP contribution is 2.30. The van der Waals surface area contributed by atoms with Crippen LogP contribution in [0.15, 0.2) is 0 Å². The minimum Gasteiger partial charge on any atom is -0.384 e. The summed E-state index contributed by atoms with van der Waals surface area (Å²) in [5.74, 6) is 2.33. The van der Waals surface area contributed by atoms with Gasteiger partial charge >= 0.3 is 0 Å². The topological polar surface area (TPSA) is 60.2 Å². The van der Waals surface area contributed by atoms with Gasteiger partial charge in [-0.1, -0.05) is 13.8 Å². The average molecular weight is 294 g/mol. The number of methoxy groups -OCH3 is 1. The molecule has 118 valence electrons. The fourth-order valence-corrected chi connectivity index (χ4v) is 2.92. The lowest BCUT2D eigenvalue weighted by molar-refractivity contribution is -0.146. The van der Waals surface area contributed by atoms with Gasteiger partial charge in [0.15, 0.2) is 5.82 Å². The fraction of sp³-hybridized carbons (Fsp3) is 0.800. The standard InChI is InChI=1S/C15H26N4O2/c1-10(2)12-16-17-13-11(3)18(7-8-19(12)13)14(20)15(4,5)9-21-6/h10-11H,7-9H2,1-6H3. The van der Waals surface area contributed by atoms with Gasteiger partial charge in [0, 0.05) is 26.1 Å². The highest BCUT2D eigenvalue weighted by atomic mass is 16.5. The molecule has 21 heavy (non-hydrogen) atoms. The van der Waals surface area contributed by atoms with Crippen molar-refractivity contribution in [1.82, 2.24) is 19.7 Å². The van der Waals surface area contributed by atoms with Crippen molar-refractivity contribution in [3.63, 3.8) is 0 Å². The predicted molar refractivity (Wildman–Crippen MR) is 79.9 cm³/mol. The summed E-state index contributed by atoms with van der Waals surface area (Å²) in [6.45, 7) is 12.0. The summed E-state index contributed by atoms with van der Waals surface area (Å²) in [4.78, 5) is 14.7. The van der Waals surface area contributed by atoms with Crippen molar-refractivity contribution in [2.24, 2.45) is 5.41 Å². The predicted octanol–water partition coefficient (Wildman–Crippen LogP) is 1.98. The van der Waals surface area contributed by atoms with Crippen molar-refractivity contribution in [1.29, 1.82) is 0 Å². The van der Waals surface area contributed by atoms with Crippen LogP contribution in [0.1, 0.15) is 58.2 Å². The Balaban J connectivity index is 2.25. The Labute approximate surface area is 126 Å². The normalized spacial score (nSPS) is 19.0. The maximum Gasteiger partial charge on any atom is 0.231 e. The van der Waals surface area contributed by atoms with Gasteiger partial charge in [-0.05, 0) is 20.8 Å². The van der Waals surface area contributed by atoms with Gasteiger partial charge in [-0.25, -0.2) is 0 Å². The van der Waals surface area contributed by atoms with Gasteiger partial charge in [-0.2, -0.15) is 0 Å². The molecule has 1 aromatic rings. The van der Waals surface area contributed by atoms with Gasteiger partial charge in [0.2, 0.25) is 5.91 Å². The molecule has 1 amide bonds. The molecule has 2 rings (SSSR count). The monoisotopic (exact) mass is 294 g/mol. The Kier molecular flexibility index (Phi) is 4.37. The fourth-order valence-electron chi connectivity index (χ4n) is 2.92. The average Bonchev–Trinajstić information content (AvgIpc) is 2.83. The van der Waals surface area contributed by atoms with E-state index in [2.05, 4.69) is 28.6 Å². The van der Waals surface area contributed by atoms with Crippen LogP contribution in [0.5, 0.6) is 0 Å². The molecule has 0 fully saturated rings. The Morgan fingerprint density at radius 2 is 2.05 bits per heavy atom. The van der Waals surface area contributed by atoms with Crippen LogP contribution in [0.3, 0.4) is 0 Å². The van der Waals surface area contributed by atoms with Crippen LogP contribution < -0.4 is 0 Å². The second kappa shape index (κ2) is 5.75. The SMILES string of the molecule is COCC(C)(C)C(=O)N1CCn2c(C(C)C)nnc2C1C. The highest BCUT2D eigenvalue weighted by Gasteiger charge is 2.38. The van der Waals surface area contributed by atoms with Crippen LogP contribution in [0.2, 0.25) is 0 Å². The zero-order valence-electron chi connectivity index (χ0n) is 13.9. The van der Waals surface area contributed by atoms with E-state index in [9.17, 15) is 4.79 Å². The number of hydrogen-bond donors (Lipinski definition) is 0. The molecule has 0 spiro atoms. The smallest absolute Gasteiger partial charge is 0.231 e. The van der Waals surface area contributed by atoms with Crippen LogP contribution in [0.25, 0.3) is 0 Å². The Morgan fingerprint density at radius 3 is 2.62 bits per heavy atom. The molecule has 6 nitrogen and oxygen atoms in total. The van der Waals surface area contributed by atoms with Crippen molar-refractivity contribution in [2.75, 3.05) is 20.3 Å². The van der Waals surface area contributed by atoms with E-state index >= 15 is 0 Å². The van der Waals surface area contributed by atoms with E-state index in [1.807, 2.05) is 25.7 Å². The van der Waals surface area contributed by atoms with Crippen molar-refractivity contribution < 1.29 is 9.53 Å². The molecule has 6 heteroatoms. The van der Waals surface area contributed by atoms with Crippen molar-refractivity contribution in [3.05, 3.63) is 11.6 Å². The quantitative estimate of drug-likeness (QED) is 0.852. The van der Waals surface area contributed by atoms with E-state index in [-0.39, 0.29) is 11.9 Å². The molecule has 1 unspecified atom stereocenters. The molecule has 0 saturated carbocycles. The summed E-state index contributed by atoms with van der Waals surface area (Å²) in [5.41, 5.74) is -0.522. The van der Waals surface area contributed by atoms with Crippen LogP contribution >= 0.6 is 0 Å². The van der Waals surface area contributed by atoms with Crippen LogP contribution in [-0.2, 0) is 16.1 Å². The van der Waals surface area contributed by atoms with E-state index in [0.717, 1.165) is 18.2 Å². The first-order valence-electron chi connectivity index (χ1n) is 7.52. The number of amides is 1. The van der Waals surface area contributed by atoms with E-state index in [0.29, 0.717) is 19.1 Å². The summed E-state index contributed by atoms with van der Waals surface area (Å²) in [5, 5.41) is 8.60. The molecule has 0 aromatic carbocycles. The molecule has 1 aromatic heterocycles. The summed E-state index contributed by atoms with van der Waals surface area (Å²) >= 11 is 0. The lowest BCUT2D eigenvalue weighted by Crippen LogP contribution is -2.48. The molecule has 1 atom stereocenters. The first kappa shape index (κ1) is 15.9. The molecule has 0 saturated heterocycles. The molecule has 0 N–H and O–H groups in total. The lowest BCUT2D eigenvalue weighted by Gasteiger charge is -2.38. The van der Waals surface area contributed by atoms with Gasteiger partial charge in [0.1, 0.15) is 5.82 Å². The maximum atomic E-state index is 12.8. The van der Waals surface area contributed by atoms with Gasteiger partial charge < -0.3 is 14.2 Å². The minimum absolute atomic E-state index is 0.0534. The van der Waals surface area contributed by atoms with Crippen LogP contribution in [0.4, 0.5) is 0 Å². The third-order valence-corrected chi connectivity index (χ3v) is 4.08. The number of rotatable bonds is 4. The number of carbonyl (C=O) groups excluding carboxylic acids is 1. The van der Waals surface area contributed by atoms with E-state index < -0.39 is 5.41 Å². The number of carbonyl (C=O) groups is 1. The van der Waals surface area contributed by atoms with Gasteiger partial charge in [0.25, 0.3) is 0 Å². The lowest BCUT2D eigenvalue weighted by atomic mass is 9.91. The Bertz CT molecular complexity index is 522. The minimum atomic E-state index is -0.522. The largest absolute Gasteiger partial charge is 0.384 e. The number of ether oxygens (including phenoxy) is 1. The summed E-state index contributed by atoms with van der Waals surface area (Å²) in [6, 6.07) is -0.0534. The van der Waals surface area contributed by atoms with E-state index in [4.69, 9.17) is 4.74 Å². The number of hydrogen-bond acceptors (Lipinski definition) is 4. The summed E-state index contributed by atoms with van der Waals surface area (Å²) < 4.78 is 7.33. The Hall–Kier alpha value is -1.43. The van der Waals surface area contributed by atoms with Crippen LogP contribution in [-0.4, -0.2) is 45.8 Å². The number of aromatic nitrogens is 3. The van der Waals surface area contributed by atoms with E-state index in [1.54, 1.807) is 7.11 Å². The molecule has 1 aliphatic rings. The van der Waals surface area contributed by atoms with Crippen LogP contribution in [0, 0.1) is 5.41 Å². The first-order chi connectivity index (χ1) is 9.79. The molecule has 1 aliphatic heterocycles. The van der Waals surface area contributed by atoms with Crippen molar-refractivity contribution in [2.45, 2.75) is 53.1 Å². The molecule has 0 radical (unpaired) electrons. The molecule has 0 bridgehead atoms. The first-order valence-corrected chi connectivity index (χ1v) is 7.52. The van der Waals surface area contributed by atoms with Gasteiger partial charge in [-0.3, -0.25) is 4.79 Å². The second-order valence-electron chi connectivity index (χ2n) is 6.71. The third kappa shape index (κ3) is 2.81. The molecule has 0 aliphatic carbocycles. The maximum absolute atomic E-state index is 12.8. The van der Waals surface area contributed by atoms with Crippen molar-refractivity contribution >= 4 is 5.91 Å². The third-order valence-electron chi connectivity index (χ3n) is 4.08. The Morgan fingerprint density at radius 1 is 1.38 bits per heavy atom. The van der Waals surface area contributed by atoms with Crippen molar-refractivity contribution in [3.8, 4) is 0 Å². The molecular weight excluding hydrogens is 268 g/mol. The zero-order chi connectivity index (χ0) is 15.8. The zero-order valence-corrected chi connectivity index (χ0v) is 13.9. The second-order valence-corrected chi connectivity index (χ2v) is 6.71. The summed E-state index contributed by atoms with van der Waals surface area (Å²) in [6.07, 6.45) is 0. The molecular formula is C15H26N4O2. The number of fused-ring (bicyclic) bond motifs is 1. The summed E-state index contributed by atoms with van der Waals surface area (Å²) in [7, 11) is 1.63. The van der Waals surface area contributed by atoms with Gasteiger partial charge in [0.05, 0.1) is 18.1 Å². The molecule has 2 heterocycles. The highest BCUT2D eigenvalue weighted by molar-refractivity contribution is 5.82.